The van der Waals surface area contributed by atoms with Crippen molar-refractivity contribution in [1.82, 2.24) is 10.2 Å². The van der Waals surface area contributed by atoms with E-state index in [0.29, 0.717) is 49.3 Å². The number of ether oxygens (including phenoxy) is 2. The maximum absolute atomic E-state index is 13.0. The smallest absolute Gasteiger partial charge is 0.257 e. The van der Waals surface area contributed by atoms with Crippen LogP contribution in [0.25, 0.3) is 0 Å². The Kier molecular flexibility index (Phi) is 6.25. The van der Waals surface area contributed by atoms with Gasteiger partial charge in [-0.3, -0.25) is 9.59 Å². The second-order valence-electron chi connectivity index (χ2n) is 6.80. The van der Waals surface area contributed by atoms with E-state index in [4.69, 9.17) is 21.1 Å². The highest BCUT2D eigenvalue weighted by atomic mass is 35.5. The van der Waals surface area contributed by atoms with Crippen LogP contribution in [0, 0.1) is 5.92 Å². The summed E-state index contributed by atoms with van der Waals surface area (Å²) in [6, 6.07) is 5.52. The maximum atomic E-state index is 13.0. The number of fused-ring (bicyclic) bond motifs is 1. The molecule has 2 heterocycles. The molecule has 7 heteroatoms. The molecule has 1 fully saturated rings. The lowest BCUT2D eigenvalue weighted by molar-refractivity contribution is -0.119. The van der Waals surface area contributed by atoms with Crippen molar-refractivity contribution in [2.75, 3.05) is 32.2 Å². The van der Waals surface area contributed by atoms with Crippen molar-refractivity contribution in [1.29, 1.82) is 0 Å². The lowest BCUT2D eigenvalue weighted by Crippen LogP contribution is -2.45. The first-order chi connectivity index (χ1) is 12.6. The minimum absolute atomic E-state index is 0.0248. The Morgan fingerprint density at radius 2 is 2.00 bits per heavy atom. The molecule has 0 radical (unpaired) electrons. The first-order valence-corrected chi connectivity index (χ1v) is 9.67. The van der Waals surface area contributed by atoms with Gasteiger partial charge in [-0.15, -0.1) is 11.6 Å². The molecule has 1 atom stereocenters. The Labute approximate surface area is 158 Å². The Hall–Kier alpha value is -1.95. The predicted octanol–water partition coefficient (Wildman–Crippen LogP) is 2.44. The topological polar surface area (TPSA) is 67.9 Å². The molecule has 0 aliphatic carbocycles. The lowest BCUT2D eigenvalue weighted by atomic mass is 9.90. The molecule has 1 N–H and O–H groups in total. The van der Waals surface area contributed by atoms with E-state index in [1.807, 2.05) is 24.0 Å². The van der Waals surface area contributed by atoms with Crippen LogP contribution in [0.2, 0.25) is 0 Å². The van der Waals surface area contributed by atoms with E-state index in [1.165, 1.54) is 0 Å². The highest BCUT2D eigenvalue weighted by Crippen LogP contribution is 2.34. The minimum atomic E-state index is -0.151. The number of halogens is 1. The molecule has 2 aliphatic rings. The zero-order chi connectivity index (χ0) is 18.5. The van der Waals surface area contributed by atoms with Crippen LogP contribution in [0.4, 0.5) is 0 Å². The molecule has 0 bridgehead atoms. The van der Waals surface area contributed by atoms with Crippen LogP contribution in [0.15, 0.2) is 18.2 Å². The molecule has 0 saturated carbocycles. The van der Waals surface area contributed by atoms with Crippen molar-refractivity contribution in [3.63, 3.8) is 0 Å². The number of alkyl halides is 1. The molecule has 26 heavy (non-hydrogen) atoms. The SMILES string of the molecule is CC(NC(=O)CCl)C1CCN(C(=O)c2cccc3c2OCCCO3)CC1. The zero-order valence-corrected chi connectivity index (χ0v) is 15.8. The van der Waals surface area contributed by atoms with Crippen LogP contribution in [0.5, 0.6) is 11.5 Å². The molecule has 2 amide bonds. The van der Waals surface area contributed by atoms with Crippen molar-refractivity contribution in [3.05, 3.63) is 23.8 Å². The molecule has 3 rings (SSSR count). The van der Waals surface area contributed by atoms with Crippen molar-refractivity contribution in [2.24, 2.45) is 5.92 Å². The van der Waals surface area contributed by atoms with Gasteiger partial charge in [-0.2, -0.15) is 0 Å². The normalized spacial score (nSPS) is 18.8. The van der Waals surface area contributed by atoms with Gasteiger partial charge in [0.25, 0.3) is 5.91 Å². The van der Waals surface area contributed by atoms with E-state index in [2.05, 4.69) is 5.32 Å². The quantitative estimate of drug-likeness (QED) is 0.815. The third-order valence-corrected chi connectivity index (χ3v) is 5.29. The Bertz CT molecular complexity index is 659. The van der Waals surface area contributed by atoms with Crippen molar-refractivity contribution in [3.8, 4) is 11.5 Å². The van der Waals surface area contributed by atoms with Gasteiger partial charge in [0.1, 0.15) is 5.88 Å². The van der Waals surface area contributed by atoms with E-state index in [9.17, 15) is 9.59 Å². The van der Waals surface area contributed by atoms with E-state index < -0.39 is 0 Å². The first kappa shape index (κ1) is 18.8. The number of hydrogen-bond acceptors (Lipinski definition) is 4. The third kappa shape index (κ3) is 4.23. The van der Waals surface area contributed by atoms with Gasteiger partial charge < -0.3 is 19.7 Å². The standard InChI is InChI=1S/C19H25ClN2O4/c1-13(21-17(23)12-20)14-6-8-22(9-7-14)19(24)15-4-2-5-16-18(15)26-11-3-10-25-16/h2,4-5,13-14H,3,6-12H2,1H3,(H,21,23). The van der Waals surface area contributed by atoms with Crippen LogP contribution in [0.3, 0.4) is 0 Å². The number of benzene rings is 1. The van der Waals surface area contributed by atoms with Gasteiger partial charge in [-0.1, -0.05) is 6.07 Å². The van der Waals surface area contributed by atoms with Gasteiger partial charge in [-0.25, -0.2) is 0 Å². The summed E-state index contributed by atoms with van der Waals surface area (Å²) in [6.07, 6.45) is 2.50. The van der Waals surface area contributed by atoms with E-state index in [-0.39, 0.29) is 23.7 Å². The number of para-hydroxylation sites is 1. The predicted molar refractivity (Wildman–Crippen MR) is 99.0 cm³/mol. The fourth-order valence-electron chi connectivity index (χ4n) is 3.55. The molecule has 142 valence electrons. The maximum Gasteiger partial charge on any atom is 0.257 e. The summed E-state index contributed by atoms with van der Waals surface area (Å²) in [5.41, 5.74) is 0.561. The van der Waals surface area contributed by atoms with Gasteiger partial charge in [0.05, 0.1) is 18.8 Å². The van der Waals surface area contributed by atoms with E-state index in [1.54, 1.807) is 6.07 Å². The van der Waals surface area contributed by atoms with Gasteiger partial charge >= 0.3 is 0 Å². The molecule has 1 unspecified atom stereocenters. The molecule has 0 spiro atoms. The molecular weight excluding hydrogens is 356 g/mol. The molecule has 1 saturated heterocycles. The largest absolute Gasteiger partial charge is 0.490 e. The number of likely N-dealkylation sites (tertiary alicyclic amines) is 1. The van der Waals surface area contributed by atoms with Crippen LogP contribution >= 0.6 is 11.6 Å². The Morgan fingerprint density at radius 1 is 1.27 bits per heavy atom. The number of hydrogen-bond donors (Lipinski definition) is 1. The van der Waals surface area contributed by atoms with Gasteiger partial charge in [0.15, 0.2) is 11.5 Å². The second-order valence-corrected chi connectivity index (χ2v) is 7.07. The summed E-state index contributed by atoms with van der Waals surface area (Å²) in [5, 5.41) is 2.91. The molecule has 6 nitrogen and oxygen atoms in total. The molecular formula is C19H25ClN2O4. The molecule has 1 aromatic rings. The van der Waals surface area contributed by atoms with Crippen molar-refractivity contribution >= 4 is 23.4 Å². The summed E-state index contributed by atoms with van der Waals surface area (Å²) in [4.78, 5) is 26.3. The lowest BCUT2D eigenvalue weighted by Gasteiger charge is -2.35. The van der Waals surface area contributed by atoms with Crippen LogP contribution in [-0.2, 0) is 4.79 Å². The summed E-state index contributed by atoms with van der Waals surface area (Å²) < 4.78 is 11.5. The average Bonchev–Trinajstić information content (AvgIpc) is 2.92. The third-order valence-electron chi connectivity index (χ3n) is 5.05. The summed E-state index contributed by atoms with van der Waals surface area (Å²) in [6.45, 7) is 4.47. The summed E-state index contributed by atoms with van der Waals surface area (Å²) in [5.74, 6) is 1.34. The molecule has 1 aromatic carbocycles. The zero-order valence-electron chi connectivity index (χ0n) is 15.0. The van der Waals surface area contributed by atoms with E-state index in [0.717, 1.165) is 19.3 Å². The van der Waals surface area contributed by atoms with Gasteiger partial charge in [-0.05, 0) is 37.8 Å². The number of carbonyl (C=O) groups is 2. The Balaban J connectivity index is 1.63. The summed E-state index contributed by atoms with van der Waals surface area (Å²) >= 11 is 5.55. The molecule has 0 aromatic heterocycles. The van der Waals surface area contributed by atoms with Gasteiger partial charge in [0.2, 0.25) is 5.91 Å². The first-order valence-electron chi connectivity index (χ1n) is 9.13. The average molecular weight is 381 g/mol. The Morgan fingerprint density at radius 3 is 2.73 bits per heavy atom. The van der Waals surface area contributed by atoms with Crippen LogP contribution in [0.1, 0.15) is 36.5 Å². The highest BCUT2D eigenvalue weighted by molar-refractivity contribution is 6.27. The fraction of sp³-hybridized carbons (Fsp3) is 0.579. The van der Waals surface area contributed by atoms with Gasteiger partial charge in [0, 0.05) is 25.6 Å². The highest BCUT2D eigenvalue weighted by Gasteiger charge is 2.29. The van der Waals surface area contributed by atoms with E-state index >= 15 is 0 Å². The second kappa shape index (κ2) is 8.62. The van der Waals surface area contributed by atoms with Crippen LogP contribution < -0.4 is 14.8 Å². The minimum Gasteiger partial charge on any atom is -0.490 e. The monoisotopic (exact) mass is 380 g/mol. The number of carbonyl (C=O) groups excluding carboxylic acids is 2. The molecule has 2 aliphatic heterocycles. The summed E-state index contributed by atoms with van der Waals surface area (Å²) in [7, 11) is 0. The van der Waals surface area contributed by atoms with Crippen molar-refractivity contribution in [2.45, 2.75) is 32.2 Å². The number of amides is 2. The number of nitrogens with one attached hydrogen (secondary N) is 1. The number of piperidine rings is 1. The fourth-order valence-corrected chi connectivity index (χ4v) is 3.62. The number of nitrogens with zero attached hydrogens (tertiary/aromatic N) is 1. The van der Waals surface area contributed by atoms with Crippen LogP contribution in [-0.4, -0.2) is 54.9 Å². The number of rotatable bonds is 4. The van der Waals surface area contributed by atoms with Crippen molar-refractivity contribution < 1.29 is 19.1 Å².